The number of halogens is 1. The monoisotopic (exact) mass is 413 g/mol. The lowest BCUT2D eigenvalue weighted by atomic mass is 9.88. The first kappa shape index (κ1) is 18.5. The second kappa shape index (κ2) is 7.30. The Bertz CT molecular complexity index is 1070. The van der Waals surface area contributed by atoms with Crippen LogP contribution in [0.25, 0.3) is 11.1 Å². The zero-order chi connectivity index (χ0) is 19.8. The molecule has 4 rings (SSSR count). The van der Waals surface area contributed by atoms with E-state index in [-0.39, 0.29) is 23.1 Å². The third-order valence-electron chi connectivity index (χ3n) is 4.73. The van der Waals surface area contributed by atoms with Gasteiger partial charge in [-0.1, -0.05) is 35.9 Å². The molecular weight excluding hydrogens is 398 g/mol. The van der Waals surface area contributed by atoms with E-state index in [0.29, 0.717) is 27.6 Å². The molecule has 1 aliphatic rings. The molecule has 2 N–H and O–H groups in total. The van der Waals surface area contributed by atoms with Crippen molar-refractivity contribution in [3.63, 3.8) is 0 Å². The van der Waals surface area contributed by atoms with Crippen LogP contribution in [0, 0.1) is 0 Å². The van der Waals surface area contributed by atoms with Crippen molar-refractivity contribution in [3.8, 4) is 16.9 Å². The quantitative estimate of drug-likeness (QED) is 0.612. The van der Waals surface area contributed by atoms with Crippen molar-refractivity contribution < 1.29 is 19.4 Å². The number of hydrogen-bond acceptors (Lipinski definition) is 4. The first-order valence-electron chi connectivity index (χ1n) is 8.57. The van der Waals surface area contributed by atoms with Gasteiger partial charge in [-0.3, -0.25) is 4.79 Å². The van der Waals surface area contributed by atoms with Gasteiger partial charge in [0.2, 0.25) is 5.91 Å². The van der Waals surface area contributed by atoms with Crippen molar-refractivity contribution >= 4 is 40.5 Å². The Balaban J connectivity index is 1.91. The van der Waals surface area contributed by atoms with Gasteiger partial charge >= 0.3 is 5.97 Å². The predicted octanol–water partition coefficient (Wildman–Crippen LogP) is 5.25. The fourth-order valence-corrected chi connectivity index (χ4v) is 4.91. The van der Waals surface area contributed by atoms with Gasteiger partial charge in [-0.05, 0) is 35.4 Å². The van der Waals surface area contributed by atoms with E-state index >= 15 is 0 Å². The van der Waals surface area contributed by atoms with E-state index in [4.69, 9.17) is 16.3 Å². The Labute approximate surface area is 170 Å². The summed E-state index contributed by atoms with van der Waals surface area (Å²) in [7, 11) is 1.57. The number of nitrogens with one attached hydrogen (secondary N) is 1. The Kier molecular flexibility index (Phi) is 4.83. The second-order valence-corrected chi connectivity index (χ2v) is 7.93. The van der Waals surface area contributed by atoms with Crippen LogP contribution in [0.1, 0.15) is 32.5 Å². The molecule has 1 amide bonds. The molecule has 0 fully saturated rings. The van der Waals surface area contributed by atoms with Gasteiger partial charge in [-0.2, -0.15) is 0 Å². The third kappa shape index (κ3) is 3.25. The number of carboxylic acid groups (broad SMARTS) is 1. The van der Waals surface area contributed by atoms with Crippen molar-refractivity contribution in [2.75, 3.05) is 12.4 Å². The molecule has 1 atom stereocenters. The van der Waals surface area contributed by atoms with Gasteiger partial charge in [-0.25, -0.2) is 4.79 Å². The molecule has 0 radical (unpaired) electrons. The molecule has 3 aromatic rings. The maximum atomic E-state index is 12.5. The second-order valence-electron chi connectivity index (χ2n) is 6.44. The number of hydrogen-bond donors (Lipinski definition) is 2. The standard InChI is InChI=1S/C21H16ClNO4S/c1-27-14-7-5-11(6-8-14)17-18-19(28-20(17)21(25)26)15(10-16(24)23-18)12-3-2-4-13(22)9-12/h2-9,15H,10H2,1H3,(H,23,24)(H,25,26)/t15-/m0/s1. The normalized spacial score (nSPS) is 15.6. The van der Waals surface area contributed by atoms with E-state index < -0.39 is 5.97 Å². The number of anilines is 1. The van der Waals surface area contributed by atoms with Crippen LogP contribution in [-0.2, 0) is 4.79 Å². The number of benzene rings is 2. The zero-order valence-electron chi connectivity index (χ0n) is 14.9. The molecule has 0 saturated heterocycles. The fraction of sp³-hybridized carbons (Fsp3) is 0.143. The summed E-state index contributed by atoms with van der Waals surface area (Å²) in [5.74, 6) is -0.741. The van der Waals surface area contributed by atoms with Crippen LogP contribution in [0.3, 0.4) is 0 Å². The Morgan fingerprint density at radius 1 is 1.25 bits per heavy atom. The molecule has 0 aliphatic carbocycles. The van der Waals surface area contributed by atoms with E-state index in [2.05, 4.69) is 5.32 Å². The summed E-state index contributed by atoms with van der Waals surface area (Å²) in [6.07, 6.45) is 0.245. The first-order chi connectivity index (χ1) is 13.5. The van der Waals surface area contributed by atoms with Crippen molar-refractivity contribution in [1.29, 1.82) is 0 Å². The molecule has 0 unspecified atom stereocenters. The minimum atomic E-state index is -1.02. The Hall–Kier alpha value is -2.83. The average Bonchev–Trinajstić information content (AvgIpc) is 3.07. The Morgan fingerprint density at radius 2 is 2.00 bits per heavy atom. The van der Waals surface area contributed by atoms with Gasteiger partial charge in [0.15, 0.2) is 0 Å². The van der Waals surface area contributed by atoms with E-state index in [1.54, 1.807) is 37.4 Å². The fourth-order valence-electron chi connectivity index (χ4n) is 3.46. The van der Waals surface area contributed by atoms with Crippen LogP contribution in [0.5, 0.6) is 5.75 Å². The highest BCUT2D eigenvalue weighted by Crippen LogP contribution is 2.49. The first-order valence-corrected chi connectivity index (χ1v) is 9.77. The molecule has 2 heterocycles. The van der Waals surface area contributed by atoms with Crippen LogP contribution in [-0.4, -0.2) is 24.1 Å². The minimum Gasteiger partial charge on any atom is -0.497 e. The predicted molar refractivity (Wildman–Crippen MR) is 110 cm³/mol. The number of ether oxygens (including phenoxy) is 1. The van der Waals surface area contributed by atoms with Gasteiger partial charge in [0, 0.05) is 27.8 Å². The van der Waals surface area contributed by atoms with Crippen LogP contribution in [0.4, 0.5) is 5.69 Å². The Morgan fingerprint density at radius 3 is 2.64 bits per heavy atom. The van der Waals surface area contributed by atoms with Crippen LogP contribution in [0.15, 0.2) is 48.5 Å². The maximum Gasteiger partial charge on any atom is 0.346 e. The van der Waals surface area contributed by atoms with Gasteiger partial charge < -0.3 is 15.2 Å². The SMILES string of the molecule is COc1ccc(-c2c(C(=O)O)sc3c2NC(=O)C[C@H]3c2cccc(Cl)c2)cc1. The number of amides is 1. The summed E-state index contributed by atoms with van der Waals surface area (Å²) in [6.45, 7) is 0. The summed E-state index contributed by atoms with van der Waals surface area (Å²) < 4.78 is 5.18. The molecule has 0 spiro atoms. The molecule has 142 valence electrons. The maximum absolute atomic E-state index is 12.5. The molecule has 0 bridgehead atoms. The summed E-state index contributed by atoms with van der Waals surface area (Å²) in [5.41, 5.74) is 2.69. The van der Waals surface area contributed by atoms with E-state index in [1.165, 1.54) is 11.3 Å². The largest absolute Gasteiger partial charge is 0.497 e. The molecule has 7 heteroatoms. The van der Waals surface area contributed by atoms with E-state index in [0.717, 1.165) is 10.4 Å². The van der Waals surface area contributed by atoms with Crippen molar-refractivity contribution in [2.24, 2.45) is 0 Å². The topological polar surface area (TPSA) is 75.6 Å². The highest BCUT2D eigenvalue weighted by atomic mass is 35.5. The number of carboxylic acids is 1. The number of rotatable bonds is 4. The van der Waals surface area contributed by atoms with Gasteiger partial charge in [-0.15, -0.1) is 11.3 Å². The molecule has 1 aromatic heterocycles. The van der Waals surface area contributed by atoms with E-state index in [1.807, 2.05) is 18.2 Å². The number of carbonyl (C=O) groups excluding carboxylic acids is 1. The molecule has 2 aromatic carbocycles. The molecule has 28 heavy (non-hydrogen) atoms. The number of carbonyl (C=O) groups is 2. The molecule has 5 nitrogen and oxygen atoms in total. The van der Waals surface area contributed by atoms with Crippen LogP contribution < -0.4 is 10.1 Å². The lowest BCUT2D eigenvalue weighted by Crippen LogP contribution is -2.22. The lowest BCUT2D eigenvalue weighted by molar-refractivity contribution is -0.116. The van der Waals surface area contributed by atoms with E-state index in [9.17, 15) is 14.7 Å². The van der Waals surface area contributed by atoms with Crippen molar-refractivity contribution in [3.05, 3.63) is 68.9 Å². The number of methoxy groups -OCH3 is 1. The smallest absolute Gasteiger partial charge is 0.346 e. The van der Waals surface area contributed by atoms with Gasteiger partial charge in [0.25, 0.3) is 0 Å². The average molecular weight is 414 g/mol. The molecule has 1 aliphatic heterocycles. The minimum absolute atomic E-state index is 0.151. The van der Waals surface area contributed by atoms with Crippen LogP contribution in [0.2, 0.25) is 5.02 Å². The summed E-state index contributed by atoms with van der Waals surface area (Å²) in [5, 5.41) is 13.3. The van der Waals surface area contributed by atoms with Gasteiger partial charge in [0.1, 0.15) is 10.6 Å². The molecular formula is C21H16ClNO4S. The number of fused-ring (bicyclic) bond motifs is 1. The highest BCUT2D eigenvalue weighted by Gasteiger charge is 2.34. The third-order valence-corrected chi connectivity index (χ3v) is 6.26. The van der Waals surface area contributed by atoms with Gasteiger partial charge in [0.05, 0.1) is 12.8 Å². The zero-order valence-corrected chi connectivity index (χ0v) is 16.4. The van der Waals surface area contributed by atoms with Crippen LogP contribution >= 0.6 is 22.9 Å². The summed E-state index contributed by atoms with van der Waals surface area (Å²) in [4.78, 5) is 25.4. The summed E-state index contributed by atoms with van der Waals surface area (Å²) >= 11 is 7.33. The summed E-state index contributed by atoms with van der Waals surface area (Å²) in [6, 6.07) is 14.5. The van der Waals surface area contributed by atoms with Crippen molar-refractivity contribution in [1.82, 2.24) is 0 Å². The number of thiophene rings is 1. The lowest BCUT2D eigenvalue weighted by Gasteiger charge is -2.24. The molecule has 0 saturated carbocycles. The highest BCUT2D eigenvalue weighted by molar-refractivity contribution is 7.15. The van der Waals surface area contributed by atoms with Crippen molar-refractivity contribution in [2.45, 2.75) is 12.3 Å². The number of aromatic carboxylic acids is 1.